The Bertz CT molecular complexity index is 374. The van der Waals surface area contributed by atoms with Crippen LogP contribution in [-0.2, 0) is 4.74 Å². The lowest BCUT2D eigenvalue weighted by atomic mass is 10.2. The molecular formula is C16H23NO2. The maximum absolute atomic E-state index is 11.6. The van der Waals surface area contributed by atoms with Gasteiger partial charge in [-0.1, -0.05) is 38.0 Å². The first-order valence-corrected chi connectivity index (χ1v) is 7.05. The lowest BCUT2D eigenvalue weighted by Gasteiger charge is -2.03. The Morgan fingerprint density at radius 1 is 1.21 bits per heavy atom. The summed E-state index contributed by atoms with van der Waals surface area (Å²) in [5, 5.41) is 0. The molecule has 0 radical (unpaired) electrons. The van der Waals surface area contributed by atoms with Crippen LogP contribution in [0.15, 0.2) is 35.3 Å². The number of unbranched alkanes of at least 4 members (excludes halogenated alkanes) is 3. The number of rotatable bonds is 9. The maximum atomic E-state index is 11.6. The van der Waals surface area contributed by atoms with Crippen LogP contribution in [0.1, 0.15) is 49.4 Å². The Labute approximate surface area is 115 Å². The molecule has 3 nitrogen and oxygen atoms in total. The zero-order valence-electron chi connectivity index (χ0n) is 11.7. The third kappa shape index (κ3) is 7.39. The molecule has 0 aliphatic heterocycles. The summed E-state index contributed by atoms with van der Waals surface area (Å²) >= 11 is 0. The van der Waals surface area contributed by atoms with Gasteiger partial charge in [0.25, 0.3) is 0 Å². The predicted octanol–water partition coefficient (Wildman–Crippen LogP) is 3.88. The average molecular weight is 261 g/mol. The second kappa shape index (κ2) is 10.3. The molecule has 0 heterocycles. The minimum Gasteiger partial charge on any atom is -0.462 e. The van der Waals surface area contributed by atoms with E-state index in [4.69, 9.17) is 4.74 Å². The largest absolute Gasteiger partial charge is 0.462 e. The number of esters is 1. The molecule has 0 atom stereocenters. The average Bonchev–Trinajstić information content (AvgIpc) is 2.46. The molecule has 1 aromatic carbocycles. The Balaban J connectivity index is 2.03. The van der Waals surface area contributed by atoms with Gasteiger partial charge in [0.15, 0.2) is 0 Å². The second-order valence-corrected chi connectivity index (χ2v) is 4.44. The van der Waals surface area contributed by atoms with E-state index < -0.39 is 0 Å². The Morgan fingerprint density at radius 3 is 2.74 bits per heavy atom. The normalized spacial score (nSPS) is 10.8. The molecule has 19 heavy (non-hydrogen) atoms. The second-order valence-electron chi connectivity index (χ2n) is 4.44. The van der Waals surface area contributed by atoms with Gasteiger partial charge in [0.2, 0.25) is 0 Å². The van der Waals surface area contributed by atoms with E-state index in [9.17, 15) is 4.79 Å². The summed E-state index contributed by atoms with van der Waals surface area (Å²) < 4.78 is 5.17. The van der Waals surface area contributed by atoms with Crippen LogP contribution >= 0.6 is 0 Å². The lowest BCUT2D eigenvalue weighted by molar-refractivity contribution is 0.0502. The molecule has 0 spiro atoms. The van der Waals surface area contributed by atoms with Crippen molar-refractivity contribution in [3.63, 3.8) is 0 Å². The molecule has 0 N–H and O–H groups in total. The van der Waals surface area contributed by atoms with E-state index >= 15 is 0 Å². The van der Waals surface area contributed by atoms with Crippen LogP contribution in [0.4, 0.5) is 0 Å². The monoisotopic (exact) mass is 261 g/mol. The van der Waals surface area contributed by atoms with E-state index in [1.165, 1.54) is 12.8 Å². The molecular weight excluding hydrogens is 238 g/mol. The van der Waals surface area contributed by atoms with Gasteiger partial charge in [0.05, 0.1) is 12.2 Å². The van der Waals surface area contributed by atoms with Crippen LogP contribution in [0.3, 0.4) is 0 Å². The van der Waals surface area contributed by atoms with Crippen molar-refractivity contribution in [2.24, 2.45) is 4.99 Å². The van der Waals surface area contributed by atoms with Gasteiger partial charge in [-0.05, 0) is 37.6 Å². The molecule has 104 valence electrons. The number of benzene rings is 1. The van der Waals surface area contributed by atoms with Gasteiger partial charge in [-0.25, -0.2) is 4.79 Å². The third-order valence-corrected chi connectivity index (χ3v) is 2.74. The quantitative estimate of drug-likeness (QED) is 0.384. The SMILES string of the molecule is CCCCCN=CCCCOC(=O)c1ccccc1. The molecule has 0 amide bonds. The van der Waals surface area contributed by atoms with Gasteiger partial charge in [-0.15, -0.1) is 0 Å². The highest BCUT2D eigenvalue weighted by molar-refractivity contribution is 5.89. The smallest absolute Gasteiger partial charge is 0.338 e. The molecule has 0 aliphatic carbocycles. The number of aliphatic imine (C=N–C) groups is 1. The summed E-state index contributed by atoms with van der Waals surface area (Å²) in [4.78, 5) is 15.9. The highest BCUT2D eigenvalue weighted by Crippen LogP contribution is 2.01. The number of hydrogen-bond acceptors (Lipinski definition) is 3. The van der Waals surface area contributed by atoms with Crippen molar-refractivity contribution in [2.45, 2.75) is 39.0 Å². The number of carbonyl (C=O) groups excluding carboxylic acids is 1. The zero-order chi connectivity index (χ0) is 13.8. The number of hydrogen-bond donors (Lipinski definition) is 0. The number of carbonyl (C=O) groups is 1. The highest BCUT2D eigenvalue weighted by Gasteiger charge is 2.04. The van der Waals surface area contributed by atoms with E-state index in [0.29, 0.717) is 12.2 Å². The molecule has 1 rings (SSSR count). The molecule has 0 saturated carbocycles. The molecule has 0 unspecified atom stereocenters. The van der Waals surface area contributed by atoms with E-state index in [-0.39, 0.29) is 5.97 Å². The number of ether oxygens (including phenoxy) is 1. The van der Waals surface area contributed by atoms with Gasteiger partial charge in [0.1, 0.15) is 0 Å². The van der Waals surface area contributed by atoms with Crippen molar-refractivity contribution in [3.8, 4) is 0 Å². The van der Waals surface area contributed by atoms with Crippen molar-refractivity contribution in [1.29, 1.82) is 0 Å². The third-order valence-electron chi connectivity index (χ3n) is 2.74. The topological polar surface area (TPSA) is 38.7 Å². The molecule has 0 fully saturated rings. The van der Waals surface area contributed by atoms with E-state index in [0.717, 1.165) is 25.8 Å². The number of nitrogens with zero attached hydrogens (tertiary/aromatic N) is 1. The summed E-state index contributed by atoms with van der Waals surface area (Å²) in [6.07, 6.45) is 7.27. The Kier molecular flexibility index (Phi) is 8.36. The van der Waals surface area contributed by atoms with E-state index in [1.807, 2.05) is 24.4 Å². The van der Waals surface area contributed by atoms with Crippen LogP contribution in [-0.4, -0.2) is 25.3 Å². The summed E-state index contributed by atoms with van der Waals surface area (Å²) in [7, 11) is 0. The summed E-state index contributed by atoms with van der Waals surface area (Å²) in [6, 6.07) is 9.07. The van der Waals surface area contributed by atoms with Crippen LogP contribution < -0.4 is 0 Å². The first kappa shape index (κ1) is 15.4. The van der Waals surface area contributed by atoms with Gasteiger partial charge in [-0.2, -0.15) is 0 Å². The van der Waals surface area contributed by atoms with Crippen LogP contribution in [0.2, 0.25) is 0 Å². The van der Waals surface area contributed by atoms with Crippen molar-refractivity contribution in [1.82, 2.24) is 0 Å². The van der Waals surface area contributed by atoms with Crippen molar-refractivity contribution >= 4 is 12.2 Å². The first-order valence-electron chi connectivity index (χ1n) is 7.05. The fourth-order valence-electron chi connectivity index (χ4n) is 1.63. The van der Waals surface area contributed by atoms with Crippen molar-refractivity contribution in [3.05, 3.63) is 35.9 Å². The fourth-order valence-corrected chi connectivity index (χ4v) is 1.63. The molecule has 1 aromatic rings. The molecule has 0 saturated heterocycles. The predicted molar refractivity (Wildman–Crippen MR) is 78.8 cm³/mol. The van der Waals surface area contributed by atoms with E-state index in [2.05, 4.69) is 11.9 Å². The van der Waals surface area contributed by atoms with Crippen LogP contribution in [0.5, 0.6) is 0 Å². The fraction of sp³-hybridized carbons (Fsp3) is 0.500. The highest BCUT2D eigenvalue weighted by atomic mass is 16.5. The minimum absolute atomic E-state index is 0.250. The Hall–Kier alpha value is -1.64. The van der Waals surface area contributed by atoms with Crippen LogP contribution in [0.25, 0.3) is 0 Å². The summed E-state index contributed by atoms with van der Waals surface area (Å²) in [5.41, 5.74) is 0.607. The molecule has 0 aromatic heterocycles. The standard InChI is InChI=1S/C16H23NO2/c1-2-3-7-12-17-13-8-9-14-19-16(18)15-10-5-4-6-11-15/h4-6,10-11,13H,2-3,7-9,12,14H2,1H3. The maximum Gasteiger partial charge on any atom is 0.338 e. The van der Waals surface area contributed by atoms with Gasteiger partial charge in [-0.3, -0.25) is 4.99 Å². The molecule has 3 heteroatoms. The van der Waals surface area contributed by atoms with Gasteiger partial charge < -0.3 is 4.74 Å². The van der Waals surface area contributed by atoms with E-state index in [1.54, 1.807) is 12.1 Å². The Morgan fingerprint density at radius 2 is 2.00 bits per heavy atom. The van der Waals surface area contributed by atoms with Crippen molar-refractivity contribution in [2.75, 3.05) is 13.2 Å². The first-order chi connectivity index (χ1) is 9.34. The lowest BCUT2D eigenvalue weighted by Crippen LogP contribution is -2.06. The minimum atomic E-state index is -0.250. The molecule has 0 aliphatic rings. The zero-order valence-corrected chi connectivity index (χ0v) is 11.7. The van der Waals surface area contributed by atoms with Gasteiger partial charge in [0, 0.05) is 6.54 Å². The summed E-state index contributed by atoms with van der Waals surface area (Å²) in [6.45, 7) is 3.55. The van der Waals surface area contributed by atoms with Crippen LogP contribution in [0, 0.1) is 0 Å². The molecule has 0 bridgehead atoms. The van der Waals surface area contributed by atoms with Gasteiger partial charge >= 0.3 is 5.97 Å². The van der Waals surface area contributed by atoms with Crippen molar-refractivity contribution < 1.29 is 9.53 Å². The summed E-state index contributed by atoms with van der Waals surface area (Å²) in [5.74, 6) is -0.250.